The highest BCUT2D eigenvalue weighted by atomic mass is 32.2. The third-order valence-corrected chi connectivity index (χ3v) is 3.51. The van der Waals surface area contributed by atoms with Gasteiger partial charge in [-0.25, -0.2) is 0 Å². The lowest BCUT2D eigenvalue weighted by atomic mass is 10.3. The van der Waals surface area contributed by atoms with Crippen LogP contribution in [0.2, 0.25) is 0 Å². The zero-order valence-electron chi connectivity index (χ0n) is 9.51. The molecule has 1 heterocycles. The highest BCUT2D eigenvalue weighted by Crippen LogP contribution is 2.13. The van der Waals surface area contributed by atoms with Crippen LogP contribution in [0.15, 0.2) is 0 Å². The van der Waals surface area contributed by atoms with Crippen LogP contribution in [-0.4, -0.2) is 58.7 Å². The Balaban J connectivity index is 2.31. The van der Waals surface area contributed by atoms with Gasteiger partial charge in [0.15, 0.2) is 0 Å². The molecule has 0 aromatic rings. The van der Waals surface area contributed by atoms with Gasteiger partial charge in [-0.2, -0.15) is 0 Å². The normalized spacial score (nSPS) is 22.9. The van der Waals surface area contributed by atoms with Gasteiger partial charge in [0.25, 0.3) is 0 Å². The number of carboxylic acid groups (broad SMARTS) is 1. The topological polar surface area (TPSA) is 66.8 Å². The fraction of sp³-hybridized carbons (Fsp3) is 0.800. The minimum absolute atomic E-state index is 0.00625. The monoisotopic (exact) mass is 247 g/mol. The Bertz CT molecular complexity index is 272. The standard InChI is InChI=1S/C10H17NO4S/c1-7-5-11(3-4-15-7)9(12)6-16-8(2)10(13)14/h7-8H,3-6H2,1-2H3,(H,13,14). The summed E-state index contributed by atoms with van der Waals surface area (Å²) >= 11 is 1.16. The van der Waals surface area contributed by atoms with Gasteiger partial charge < -0.3 is 14.7 Å². The summed E-state index contributed by atoms with van der Waals surface area (Å²) in [6.07, 6.45) is 0.0691. The van der Waals surface area contributed by atoms with Crippen molar-refractivity contribution in [1.29, 1.82) is 0 Å². The molecule has 0 bridgehead atoms. The lowest BCUT2D eigenvalue weighted by Gasteiger charge is -2.31. The smallest absolute Gasteiger partial charge is 0.316 e. The third kappa shape index (κ3) is 4.02. The summed E-state index contributed by atoms with van der Waals surface area (Å²) < 4.78 is 5.33. The summed E-state index contributed by atoms with van der Waals surface area (Å²) in [6, 6.07) is 0. The number of amides is 1. The second-order valence-electron chi connectivity index (χ2n) is 3.81. The lowest BCUT2D eigenvalue weighted by Crippen LogP contribution is -2.45. The Kier molecular flexibility index (Phi) is 5.08. The molecule has 5 nitrogen and oxygen atoms in total. The largest absolute Gasteiger partial charge is 0.480 e. The predicted octanol–water partition coefficient (Wildman–Crippen LogP) is 0.440. The molecule has 0 radical (unpaired) electrons. The quantitative estimate of drug-likeness (QED) is 0.781. The molecule has 0 aromatic heterocycles. The van der Waals surface area contributed by atoms with Crippen LogP contribution < -0.4 is 0 Å². The van der Waals surface area contributed by atoms with Crippen LogP contribution in [0.1, 0.15) is 13.8 Å². The molecule has 16 heavy (non-hydrogen) atoms. The molecule has 1 rings (SSSR count). The van der Waals surface area contributed by atoms with Crippen LogP contribution in [0, 0.1) is 0 Å². The predicted molar refractivity (Wildman–Crippen MR) is 61.5 cm³/mol. The summed E-state index contributed by atoms with van der Waals surface area (Å²) in [5, 5.41) is 8.14. The summed E-state index contributed by atoms with van der Waals surface area (Å²) in [7, 11) is 0. The number of nitrogens with zero attached hydrogens (tertiary/aromatic N) is 1. The fourth-order valence-corrected chi connectivity index (χ4v) is 2.12. The van der Waals surface area contributed by atoms with Gasteiger partial charge in [-0.15, -0.1) is 11.8 Å². The molecule has 0 saturated carbocycles. The highest BCUT2D eigenvalue weighted by molar-refractivity contribution is 8.01. The molecule has 2 unspecified atom stereocenters. The molecule has 1 amide bonds. The summed E-state index contributed by atoms with van der Waals surface area (Å²) in [4.78, 5) is 24.0. The number of ether oxygens (including phenoxy) is 1. The van der Waals surface area contributed by atoms with Gasteiger partial charge >= 0.3 is 5.97 Å². The molecule has 0 aliphatic carbocycles. The molecule has 1 fully saturated rings. The van der Waals surface area contributed by atoms with Crippen molar-refractivity contribution in [2.45, 2.75) is 25.2 Å². The number of aliphatic carboxylic acids is 1. The number of carbonyl (C=O) groups excluding carboxylic acids is 1. The maximum absolute atomic E-state index is 11.7. The first kappa shape index (κ1) is 13.3. The van der Waals surface area contributed by atoms with Crippen LogP contribution in [0.25, 0.3) is 0 Å². The zero-order chi connectivity index (χ0) is 12.1. The van der Waals surface area contributed by atoms with Crippen LogP contribution in [0.4, 0.5) is 0 Å². The van der Waals surface area contributed by atoms with Gasteiger partial charge in [-0.1, -0.05) is 0 Å². The Labute approximate surface area is 99.1 Å². The molecule has 1 N–H and O–H groups in total. The number of carboxylic acids is 1. The van der Waals surface area contributed by atoms with E-state index < -0.39 is 11.2 Å². The van der Waals surface area contributed by atoms with Crippen molar-refractivity contribution >= 4 is 23.6 Å². The second-order valence-corrected chi connectivity index (χ2v) is 5.14. The Hall–Kier alpha value is -0.750. The molecule has 1 aliphatic heterocycles. The number of hydrogen-bond donors (Lipinski definition) is 1. The van der Waals surface area contributed by atoms with E-state index in [-0.39, 0.29) is 17.8 Å². The van der Waals surface area contributed by atoms with Crippen molar-refractivity contribution in [2.75, 3.05) is 25.4 Å². The van der Waals surface area contributed by atoms with Crippen LogP contribution in [0.3, 0.4) is 0 Å². The fourth-order valence-electron chi connectivity index (χ4n) is 1.40. The van der Waals surface area contributed by atoms with E-state index in [0.717, 1.165) is 11.8 Å². The molecule has 1 aliphatic rings. The second kappa shape index (κ2) is 6.10. The van der Waals surface area contributed by atoms with E-state index in [1.54, 1.807) is 11.8 Å². The minimum Gasteiger partial charge on any atom is -0.480 e. The van der Waals surface area contributed by atoms with Crippen molar-refractivity contribution in [3.05, 3.63) is 0 Å². The molecule has 0 aromatic carbocycles. The highest BCUT2D eigenvalue weighted by Gasteiger charge is 2.22. The molecule has 1 saturated heterocycles. The maximum atomic E-state index is 11.7. The maximum Gasteiger partial charge on any atom is 0.316 e. The molecule has 2 atom stereocenters. The molecular weight excluding hydrogens is 230 g/mol. The van der Waals surface area contributed by atoms with Crippen LogP contribution in [0.5, 0.6) is 0 Å². The van der Waals surface area contributed by atoms with Crippen molar-refractivity contribution in [2.24, 2.45) is 0 Å². The number of morpholine rings is 1. The van der Waals surface area contributed by atoms with E-state index in [0.29, 0.717) is 19.7 Å². The van der Waals surface area contributed by atoms with Crippen molar-refractivity contribution in [3.63, 3.8) is 0 Å². The first-order chi connectivity index (χ1) is 7.50. The molecular formula is C10H17NO4S. The van der Waals surface area contributed by atoms with E-state index in [1.807, 2.05) is 6.92 Å². The summed E-state index contributed by atoms with van der Waals surface area (Å²) in [6.45, 7) is 5.27. The van der Waals surface area contributed by atoms with Crippen molar-refractivity contribution in [1.82, 2.24) is 4.90 Å². The summed E-state index contributed by atoms with van der Waals surface area (Å²) in [5.74, 6) is -0.665. The van der Waals surface area contributed by atoms with Crippen molar-refractivity contribution < 1.29 is 19.4 Å². The molecule has 0 spiro atoms. The number of thioether (sulfide) groups is 1. The molecule has 6 heteroatoms. The van der Waals surface area contributed by atoms with Gasteiger partial charge in [0.05, 0.1) is 23.7 Å². The summed E-state index contributed by atoms with van der Waals surface area (Å²) in [5.41, 5.74) is 0. The van der Waals surface area contributed by atoms with Crippen molar-refractivity contribution in [3.8, 4) is 0 Å². The van der Waals surface area contributed by atoms with Crippen LogP contribution >= 0.6 is 11.8 Å². The van der Waals surface area contributed by atoms with Gasteiger partial charge in [0.2, 0.25) is 5.91 Å². The number of carbonyl (C=O) groups is 2. The van der Waals surface area contributed by atoms with E-state index in [4.69, 9.17) is 9.84 Å². The Morgan fingerprint density at radius 2 is 2.31 bits per heavy atom. The first-order valence-corrected chi connectivity index (χ1v) is 6.29. The Morgan fingerprint density at radius 1 is 1.62 bits per heavy atom. The van der Waals surface area contributed by atoms with E-state index in [1.165, 1.54) is 0 Å². The van der Waals surface area contributed by atoms with Crippen LogP contribution in [-0.2, 0) is 14.3 Å². The lowest BCUT2D eigenvalue weighted by molar-refractivity contribution is -0.136. The van der Waals surface area contributed by atoms with E-state index in [2.05, 4.69) is 0 Å². The zero-order valence-corrected chi connectivity index (χ0v) is 10.3. The molecule has 92 valence electrons. The average Bonchev–Trinajstić information content (AvgIpc) is 2.25. The minimum atomic E-state index is -0.881. The average molecular weight is 247 g/mol. The van der Waals surface area contributed by atoms with E-state index in [9.17, 15) is 9.59 Å². The van der Waals surface area contributed by atoms with Gasteiger partial charge in [0.1, 0.15) is 0 Å². The van der Waals surface area contributed by atoms with Gasteiger partial charge in [-0.05, 0) is 13.8 Å². The Morgan fingerprint density at radius 3 is 2.88 bits per heavy atom. The number of hydrogen-bond acceptors (Lipinski definition) is 4. The number of rotatable bonds is 4. The van der Waals surface area contributed by atoms with E-state index >= 15 is 0 Å². The third-order valence-electron chi connectivity index (χ3n) is 2.40. The first-order valence-electron chi connectivity index (χ1n) is 5.24. The van der Waals surface area contributed by atoms with Gasteiger partial charge in [-0.3, -0.25) is 9.59 Å². The SMILES string of the molecule is CC1CN(C(=O)CSC(C)C(=O)O)CCO1. The van der Waals surface area contributed by atoms with Gasteiger partial charge in [0, 0.05) is 13.1 Å².